The standard InChI is InChI=1S/C27H23FN2O3S2/c1-19-7-17-25(18-8-19)35(32,33)30-23-13-15-24(16-14-23)34-26(20-5-3-2-4-6-20)27(31)29-22-11-9-21(28)10-12-22/h2-18,26,30H,1H3,(H,29,31). The second-order valence-electron chi connectivity index (χ2n) is 7.85. The van der Waals surface area contributed by atoms with Gasteiger partial charge in [0.1, 0.15) is 11.1 Å². The fourth-order valence-corrected chi connectivity index (χ4v) is 5.39. The van der Waals surface area contributed by atoms with Crippen LogP contribution in [0.2, 0.25) is 0 Å². The molecule has 1 amide bonds. The fraction of sp³-hybridized carbons (Fsp3) is 0.0741. The summed E-state index contributed by atoms with van der Waals surface area (Å²) in [4.78, 5) is 14.1. The first-order valence-corrected chi connectivity index (χ1v) is 13.1. The third kappa shape index (κ3) is 6.49. The van der Waals surface area contributed by atoms with E-state index in [1.54, 1.807) is 48.5 Å². The molecule has 178 valence electrons. The van der Waals surface area contributed by atoms with Crippen LogP contribution in [0.1, 0.15) is 16.4 Å². The topological polar surface area (TPSA) is 75.3 Å². The number of carbonyl (C=O) groups is 1. The lowest BCUT2D eigenvalue weighted by Crippen LogP contribution is -2.19. The zero-order chi connectivity index (χ0) is 24.8. The molecule has 0 saturated heterocycles. The zero-order valence-electron chi connectivity index (χ0n) is 18.8. The third-order valence-corrected chi connectivity index (χ3v) is 7.81. The van der Waals surface area contributed by atoms with Crippen molar-refractivity contribution in [1.29, 1.82) is 0 Å². The van der Waals surface area contributed by atoms with Gasteiger partial charge in [-0.05, 0) is 73.2 Å². The van der Waals surface area contributed by atoms with Gasteiger partial charge in [0.15, 0.2) is 0 Å². The van der Waals surface area contributed by atoms with Gasteiger partial charge in [-0.2, -0.15) is 0 Å². The van der Waals surface area contributed by atoms with Crippen LogP contribution >= 0.6 is 11.8 Å². The molecule has 2 N–H and O–H groups in total. The Morgan fingerprint density at radius 2 is 1.40 bits per heavy atom. The van der Waals surface area contributed by atoms with Crippen LogP contribution in [-0.2, 0) is 14.8 Å². The molecule has 0 aliphatic heterocycles. The molecule has 4 rings (SSSR count). The van der Waals surface area contributed by atoms with E-state index in [1.807, 2.05) is 37.3 Å². The molecule has 0 saturated carbocycles. The van der Waals surface area contributed by atoms with E-state index in [0.717, 1.165) is 16.0 Å². The van der Waals surface area contributed by atoms with E-state index in [9.17, 15) is 17.6 Å². The summed E-state index contributed by atoms with van der Waals surface area (Å²) in [6.07, 6.45) is 0. The van der Waals surface area contributed by atoms with Crippen LogP contribution < -0.4 is 10.0 Å². The van der Waals surface area contributed by atoms with Gasteiger partial charge in [-0.15, -0.1) is 11.8 Å². The SMILES string of the molecule is Cc1ccc(S(=O)(=O)Nc2ccc(SC(C(=O)Nc3ccc(F)cc3)c3ccccc3)cc2)cc1. The molecule has 35 heavy (non-hydrogen) atoms. The largest absolute Gasteiger partial charge is 0.325 e. The minimum absolute atomic E-state index is 0.183. The minimum atomic E-state index is -3.71. The first kappa shape index (κ1) is 24.5. The van der Waals surface area contributed by atoms with Crippen LogP contribution in [0.15, 0.2) is 113 Å². The van der Waals surface area contributed by atoms with Gasteiger partial charge in [-0.25, -0.2) is 12.8 Å². The van der Waals surface area contributed by atoms with Crippen molar-refractivity contribution in [2.45, 2.75) is 22.0 Å². The smallest absolute Gasteiger partial charge is 0.261 e. The summed E-state index contributed by atoms with van der Waals surface area (Å²) in [7, 11) is -3.71. The van der Waals surface area contributed by atoms with Crippen molar-refractivity contribution in [2.24, 2.45) is 0 Å². The molecule has 0 heterocycles. The molecule has 4 aromatic rings. The first-order chi connectivity index (χ1) is 16.8. The van der Waals surface area contributed by atoms with Gasteiger partial charge in [0.25, 0.3) is 10.0 Å². The van der Waals surface area contributed by atoms with Crippen molar-refractivity contribution in [1.82, 2.24) is 0 Å². The second kappa shape index (κ2) is 10.8. The van der Waals surface area contributed by atoms with Crippen molar-refractivity contribution in [3.8, 4) is 0 Å². The molecule has 0 radical (unpaired) electrons. The predicted molar refractivity (Wildman–Crippen MR) is 138 cm³/mol. The van der Waals surface area contributed by atoms with Crippen LogP contribution in [0.4, 0.5) is 15.8 Å². The molecule has 4 aromatic carbocycles. The van der Waals surface area contributed by atoms with E-state index in [0.29, 0.717) is 11.4 Å². The molecule has 0 aliphatic carbocycles. The van der Waals surface area contributed by atoms with Gasteiger partial charge in [-0.3, -0.25) is 9.52 Å². The molecule has 1 atom stereocenters. The van der Waals surface area contributed by atoms with Gasteiger partial charge in [0.05, 0.1) is 4.90 Å². The number of halogens is 1. The highest BCUT2D eigenvalue weighted by atomic mass is 32.2. The molecule has 0 spiro atoms. The molecular weight excluding hydrogens is 483 g/mol. The zero-order valence-corrected chi connectivity index (χ0v) is 20.4. The highest BCUT2D eigenvalue weighted by molar-refractivity contribution is 8.00. The quantitative estimate of drug-likeness (QED) is 0.271. The van der Waals surface area contributed by atoms with Crippen LogP contribution in [-0.4, -0.2) is 14.3 Å². The summed E-state index contributed by atoms with van der Waals surface area (Å²) in [5, 5.41) is 2.26. The molecule has 0 fully saturated rings. The lowest BCUT2D eigenvalue weighted by Gasteiger charge is -2.17. The van der Waals surface area contributed by atoms with Crippen LogP contribution in [0, 0.1) is 12.7 Å². The lowest BCUT2D eigenvalue weighted by atomic mass is 10.1. The number of nitrogens with one attached hydrogen (secondary N) is 2. The molecule has 0 aromatic heterocycles. The number of hydrogen-bond donors (Lipinski definition) is 2. The van der Waals surface area contributed by atoms with E-state index in [1.165, 1.54) is 36.0 Å². The average molecular weight is 507 g/mol. The van der Waals surface area contributed by atoms with E-state index < -0.39 is 15.3 Å². The van der Waals surface area contributed by atoms with Crippen LogP contribution in [0.25, 0.3) is 0 Å². The lowest BCUT2D eigenvalue weighted by molar-refractivity contribution is -0.115. The second-order valence-corrected chi connectivity index (χ2v) is 10.7. The third-order valence-electron chi connectivity index (χ3n) is 5.14. The van der Waals surface area contributed by atoms with Crippen molar-refractivity contribution >= 4 is 39.1 Å². The summed E-state index contributed by atoms with van der Waals surface area (Å²) in [5.41, 5.74) is 2.70. The molecular formula is C27H23FN2O3S2. The Morgan fingerprint density at radius 3 is 2.03 bits per heavy atom. The Kier molecular flexibility index (Phi) is 7.53. The molecule has 8 heteroatoms. The summed E-state index contributed by atoms with van der Waals surface area (Å²) < 4.78 is 41.1. The predicted octanol–water partition coefficient (Wildman–Crippen LogP) is 6.41. The summed E-state index contributed by atoms with van der Waals surface area (Å²) in [6.45, 7) is 1.89. The number of hydrogen-bond acceptors (Lipinski definition) is 4. The Labute approximate surface area is 208 Å². The van der Waals surface area contributed by atoms with Gasteiger partial charge < -0.3 is 5.32 Å². The maximum Gasteiger partial charge on any atom is 0.261 e. The normalized spacial score (nSPS) is 12.1. The molecule has 0 aliphatic rings. The monoisotopic (exact) mass is 506 g/mol. The number of amides is 1. The van der Waals surface area contributed by atoms with Gasteiger partial charge >= 0.3 is 0 Å². The van der Waals surface area contributed by atoms with Crippen molar-refractivity contribution in [2.75, 3.05) is 10.0 Å². The number of anilines is 2. The summed E-state index contributed by atoms with van der Waals surface area (Å²) in [6, 6.07) is 28.4. The van der Waals surface area contributed by atoms with Gasteiger partial charge in [-0.1, -0.05) is 48.0 Å². The van der Waals surface area contributed by atoms with Crippen LogP contribution in [0.3, 0.4) is 0 Å². The van der Waals surface area contributed by atoms with Crippen molar-refractivity contribution in [3.63, 3.8) is 0 Å². The summed E-state index contributed by atoms with van der Waals surface area (Å²) in [5.74, 6) is -0.632. The summed E-state index contributed by atoms with van der Waals surface area (Å²) >= 11 is 1.33. The van der Waals surface area contributed by atoms with E-state index >= 15 is 0 Å². The van der Waals surface area contributed by atoms with E-state index in [2.05, 4.69) is 10.0 Å². The molecule has 5 nitrogen and oxygen atoms in total. The first-order valence-electron chi connectivity index (χ1n) is 10.8. The van der Waals surface area contributed by atoms with Crippen molar-refractivity contribution < 1.29 is 17.6 Å². The highest BCUT2D eigenvalue weighted by Crippen LogP contribution is 2.37. The number of benzene rings is 4. The maximum atomic E-state index is 13.2. The number of aryl methyl sites for hydroxylation is 1. The Hall–Kier alpha value is -3.62. The number of carbonyl (C=O) groups excluding carboxylic acids is 1. The fourth-order valence-electron chi connectivity index (χ4n) is 3.31. The van der Waals surface area contributed by atoms with Gasteiger partial charge in [0.2, 0.25) is 5.91 Å². The highest BCUT2D eigenvalue weighted by Gasteiger charge is 2.22. The Bertz CT molecular complexity index is 1390. The Balaban J connectivity index is 1.50. The number of sulfonamides is 1. The Morgan fingerprint density at radius 1 is 0.800 bits per heavy atom. The molecule has 1 unspecified atom stereocenters. The van der Waals surface area contributed by atoms with Gasteiger partial charge in [0, 0.05) is 16.3 Å². The van der Waals surface area contributed by atoms with E-state index in [-0.39, 0.29) is 16.6 Å². The number of rotatable bonds is 8. The number of thioether (sulfide) groups is 1. The maximum absolute atomic E-state index is 13.2. The van der Waals surface area contributed by atoms with Crippen molar-refractivity contribution in [3.05, 3.63) is 120 Å². The molecule has 0 bridgehead atoms. The van der Waals surface area contributed by atoms with Crippen LogP contribution in [0.5, 0.6) is 0 Å². The minimum Gasteiger partial charge on any atom is -0.325 e. The average Bonchev–Trinajstić information content (AvgIpc) is 2.85. The van der Waals surface area contributed by atoms with E-state index in [4.69, 9.17) is 0 Å².